The third-order valence-electron chi connectivity index (χ3n) is 10.6. The number of nitrogens with zero attached hydrogens (tertiary/aromatic N) is 5. The molecule has 2 N–H and O–H groups in total. The molecule has 288 valence electrons. The number of nitro benzene ring substituents is 2. The van der Waals surface area contributed by atoms with E-state index in [9.17, 15) is 44.5 Å². The van der Waals surface area contributed by atoms with Crippen LogP contribution in [0.1, 0.15) is 37.8 Å². The number of nitrogens with one attached hydrogen (secondary N) is 1. The van der Waals surface area contributed by atoms with Crippen molar-refractivity contribution in [2.24, 2.45) is 17.8 Å². The van der Waals surface area contributed by atoms with Crippen LogP contribution in [0.15, 0.2) is 59.1 Å². The monoisotopic (exact) mass is 766 g/mol. The lowest BCUT2D eigenvalue weighted by molar-refractivity contribution is -0.385. The summed E-state index contributed by atoms with van der Waals surface area (Å²) in [6.07, 6.45) is -0.317. The van der Waals surface area contributed by atoms with Crippen LogP contribution in [-0.2, 0) is 37.1 Å². The second kappa shape index (κ2) is 16.1. The minimum Gasteiger partial charge on any atom is -0.456 e. The number of aliphatic hydroxyl groups is 1. The van der Waals surface area contributed by atoms with Gasteiger partial charge < -0.3 is 29.7 Å². The lowest BCUT2D eigenvalue weighted by Gasteiger charge is -2.46. The molecule has 7 atom stereocenters. The standard InChI is InChI=1S/C36H42N6O11S/c1-20-30-29(21(2)43)34(45)40(30)31(35(46)52-18-22-4-8-25(9-5-22)41(48)49)32(20)54-27-14-28(38(3)17-27)33(44)39-13-12-24(16-39)15-37-36(47)53-19-23-6-10-26(11-7-23)42(50)51/h4-11,20-21,24,27-30,43H,12-19H2,1-3H3,(H,37,47)/t20-,21-,24+,27+,28+,29-,30-/m1/s1. The Morgan fingerprint density at radius 1 is 0.981 bits per heavy atom. The third-order valence-corrected chi connectivity index (χ3v) is 12.1. The number of hydrogen-bond donors (Lipinski definition) is 2. The van der Waals surface area contributed by atoms with Gasteiger partial charge in [-0.25, -0.2) is 9.59 Å². The highest BCUT2D eigenvalue weighted by Crippen LogP contribution is 2.52. The number of rotatable bonds is 13. The number of thioether (sulfide) groups is 1. The highest BCUT2D eigenvalue weighted by molar-refractivity contribution is 8.03. The highest BCUT2D eigenvalue weighted by Gasteiger charge is 2.60. The molecule has 3 fully saturated rings. The van der Waals surface area contributed by atoms with Crippen LogP contribution in [0.3, 0.4) is 0 Å². The summed E-state index contributed by atoms with van der Waals surface area (Å²) >= 11 is 1.46. The second-order valence-corrected chi connectivity index (χ2v) is 15.6. The Morgan fingerprint density at radius 3 is 2.15 bits per heavy atom. The first-order valence-electron chi connectivity index (χ1n) is 17.7. The quantitative estimate of drug-likeness (QED) is 0.130. The van der Waals surface area contributed by atoms with E-state index >= 15 is 0 Å². The predicted molar refractivity (Wildman–Crippen MR) is 193 cm³/mol. The molecule has 0 spiro atoms. The SMILES string of the molecule is C[C@@H](O)[C@H]1C(=O)N2C(C(=O)OCc3ccc([N+](=O)[O-])cc3)=C(S[C@H]3C[C@@H](C(=O)N4CC[C@@H](CNC(=O)OCc5ccc([N+](=O)[O-])cc5)C4)N(C)C3)[C@H](C)[C@H]12. The normalized spacial score (nSPS) is 25.6. The first-order chi connectivity index (χ1) is 25.7. The molecule has 2 aromatic carbocycles. The van der Waals surface area contributed by atoms with Gasteiger partial charge in [-0.3, -0.25) is 34.7 Å². The molecule has 0 aliphatic carbocycles. The van der Waals surface area contributed by atoms with E-state index in [0.717, 1.165) is 0 Å². The molecule has 0 saturated carbocycles. The van der Waals surface area contributed by atoms with E-state index in [-0.39, 0.29) is 59.2 Å². The first kappa shape index (κ1) is 38.6. The molecule has 0 radical (unpaired) electrons. The van der Waals surface area contributed by atoms with Crippen molar-refractivity contribution >= 4 is 47.0 Å². The molecule has 2 aromatic rings. The van der Waals surface area contributed by atoms with Gasteiger partial charge >= 0.3 is 12.1 Å². The number of β-lactam (4-membered cyclic amide) rings is 1. The molecule has 6 rings (SSSR count). The lowest BCUT2D eigenvalue weighted by Crippen LogP contribution is -2.63. The molecule has 0 unspecified atom stereocenters. The van der Waals surface area contributed by atoms with Gasteiger partial charge in [0.1, 0.15) is 18.9 Å². The number of benzene rings is 2. The number of aliphatic hydroxyl groups excluding tert-OH is 1. The van der Waals surface area contributed by atoms with Gasteiger partial charge in [0.2, 0.25) is 11.8 Å². The average Bonchev–Trinajstić information content (AvgIpc) is 3.83. The molecular formula is C36H42N6O11S. The van der Waals surface area contributed by atoms with E-state index in [2.05, 4.69) is 5.32 Å². The molecule has 4 aliphatic heterocycles. The van der Waals surface area contributed by atoms with Gasteiger partial charge in [-0.05, 0) is 68.1 Å². The number of likely N-dealkylation sites (N-methyl/N-ethyl adjacent to an activating group) is 1. The Hall–Kier alpha value is -5.07. The fourth-order valence-corrected chi connectivity index (χ4v) is 9.25. The van der Waals surface area contributed by atoms with Gasteiger partial charge in [0.25, 0.3) is 11.4 Å². The molecular weight excluding hydrogens is 724 g/mol. The zero-order chi connectivity index (χ0) is 38.8. The molecule has 4 heterocycles. The van der Waals surface area contributed by atoms with Gasteiger partial charge in [-0.15, -0.1) is 11.8 Å². The topological polar surface area (TPSA) is 215 Å². The fourth-order valence-electron chi connectivity index (χ4n) is 7.66. The lowest BCUT2D eigenvalue weighted by atomic mass is 9.79. The van der Waals surface area contributed by atoms with Crippen LogP contribution < -0.4 is 5.32 Å². The van der Waals surface area contributed by atoms with Gasteiger partial charge in [-0.1, -0.05) is 6.92 Å². The van der Waals surface area contributed by atoms with Gasteiger partial charge in [0.05, 0.1) is 34.0 Å². The van der Waals surface area contributed by atoms with Crippen molar-refractivity contribution in [3.8, 4) is 0 Å². The maximum atomic E-state index is 13.8. The van der Waals surface area contributed by atoms with Crippen molar-refractivity contribution in [2.45, 2.75) is 63.3 Å². The summed E-state index contributed by atoms with van der Waals surface area (Å²) in [7, 11) is 1.88. The molecule has 54 heavy (non-hydrogen) atoms. The number of likely N-dealkylation sites (tertiary alicyclic amines) is 2. The number of alkyl carbamates (subject to hydrolysis) is 1. The Morgan fingerprint density at radius 2 is 1.57 bits per heavy atom. The Bertz CT molecular complexity index is 1840. The molecule has 18 heteroatoms. The minimum absolute atomic E-state index is 0.0202. The van der Waals surface area contributed by atoms with E-state index in [1.807, 2.05) is 18.9 Å². The Labute approximate surface area is 314 Å². The van der Waals surface area contributed by atoms with Crippen molar-refractivity contribution in [1.82, 2.24) is 20.0 Å². The van der Waals surface area contributed by atoms with Crippen molar-refractivity contribution in [3.63, 3.8) is 0 Å². The summed E-state index contributed by atoms with van der Waals surface area (Å²) in [6.45, 7) is 5.17. The molecule has 17 nitrogen and oxygen atoms in total. The zero-order valence-corrected chi connectivity index (χ0v) is 30.8. The number of nitro groups is 2. The van der Waals surface area contributed by atoms with Crippen LogP contribution in [0.25, 0.3) is 0 Å². The number of carbonyl (C=O) groups is 4. The van der Waals surface area contributed by atoms with Crippen molar-refractivity contribution in [3.05, 3.63) is 90.5 Å². The number of amides is 3. The number of esters is 1. The maximum Gasteiger partial charge on any atom is 0.407 e. The Kier molecular flexibility index (Phi) is 11.5. The van der Waals surface area contributed by atoms with E-state index in [0.29, 0.717) is 55.1 Å². The van der Waals surface area contributed by atoms with Crippen molar-refractivity contribution < 1.29 is 43.6 Å². The summed E-state index contributed by atoms with van der Waals surface area (Å²) in [5, 5.41) is 34.9. The number of hydrogen-bond acceptors (Lipinski definition) is 13. The van der Waals surface area contributed by atoms with E-state index in [1.165, 1.54) is 65.2 Å². The second-order valence-electron chi connectivity index (χ2n) is 14.2. The minimum atomic E-state index is -0.907. The molecule has 3 saturated heterocycles. The van der Waals surface area contributed by atoms with Crippen molar-refractivity contribution in [2.75, 3.05) is 33.2 Å². The van der Waals surface area contributed by atoms with Crippen LogP contribution in [0.5, 0.6) is 0 Å². The highest BCUT2D eigenvalue weighted by atomic mass is 32.2. The predicted octanol–water partition coefficient (Wildman–Crippen LogP) is 3.20. The number of ether oxygens (including phenoxy) is 2. The first-order valence-corrected chi connectivity index (χ1v) is 18.6. The van der Waals surface area contributed by atoms with Crippen LogP contribution in [0.2, 0.25) is 0 Å². The zero-order valence-electron chi connectivity index (χ0n) is 30.0. The summed E-state index contributed by atoms with van der Waals surface area (Å²) in [5.41, 5.74) is 1.15. The molecule has 0 bridgehead atoms. The van der Waals surface area contributed by atoms with Gasteiger partial charge in [0, 0.05) is 66.5 Å². The smallest absolute Gasteiger partial charge is 0.407 e. The maximum absolute atomic E-state index is 13.8. The van der Waals surface area contributed by atoms with Crippen molar-refractivity contribution in [1.29, 1.82) is 0 Å². The average molecular weight is 767 g/mol. The number of non-ortho nitro benzene ring substituents is 2. The number of fused-ring (bicyclic) bond motifs is 1. The fraction of sp³-hybridized carbons (Fsp3) is 0.500. The summed E-state index contributed by atoms with van der Waals surface area (Å²) < 4.78 is 10.9. The summed E-state index contributed by atoms with van der Waals surface area (Å²) in [4.78, 5) is 79.6. The summed E-state index contributed by atoms with van der Waals surface area (Å²) in [6, 6.07) is 10.6. The van der Waals surface area contributed by atoms with E-state index < -0.39 is 46.0 Å². The van der Waals surface area contributed by atoms with Crippen LogP contribution in [-0.4, -0.2) is 110 Å². The summed E-state index contributed by atoms with van der Waals surface area (Å²) in [5.74, 6) is -1.97. The van der Waals surface area contributed by atoms with Crippen LogP contribution in [0, 0.1) is 38.0 Å². The Balaban J connectivity index is 1.04. The molecule has 3 amide bonds. The molecule has 4 aliphatic rings. The van der Waals surface area contributed by atoms with Crippen LogP contribution in [0.4, 0.5) is 16.2 Å². The van der Waals surface area contributed by atoms with Crippen LogP contribution >= 0.6 is 11.8 Å². The van der Waals surface area contributed by atoms with Gasteiger partial charge in [-0.2, -0.15) is 0 Å². The van der Waals surface area contributed by atoms with E-state index in [1.54, 1.807) is 11.8 Å². The van der Waals surface area contributed by atoms with E-state index in [4.69, 9.17) is 9.47 Å². The third kappa shape index (κ3) is 8.05. The largest absolute Gasteiger partial charge is 0.456 e. The number of carbonyl (C=O) groups excluding carboxylic acids is 4. The molecule has 0 aromatic heterocycles. The van der Waals surface area contributed by atoms with Gasteiger partial charge in [0.15, 0.2) is 0 Å².